The molecule has 0 aromatic heterocycles. The van der Waals surface area contributed by atoms with Crippen LogP contribution < -0.4 is 13.9 Å². The molecule has 0 bridgehead atoms. The zero-order valence-corrected chi connectivity index (χ0v) is 21.2. The van der Waals surface area contributed by atoms with E-state index < -0.39 is 10.0 Å². The van der Waals surface area contributed by atoms with Crippen LogP contribution in [0.4, 0.5) is 11.4 Å². The standard InChI is InChI=1S/C27H31N3O4S/c1-21-8-7-11-26(22(21)2)29-16-18-30(19-17-29)27(31)20-34-24-14-12-23(13-15-24)28(3)35(32,33)25-9-5-4-6-10-25/h4-15H,16-20H2,1-3H3. The number of aryl methyl sites for hydroxylation is 1. The van der Waals surface area contributed by atoms with Gasteiger partial charge in [0.2, 0.25) is 0 Å². The molecule has 1 saturated heterocycles. The lowest BCUT2D eigenvalue weighted by Crippen LogP contribution is -2.50. The van der Waals surface area contributed by atoms with Gasteiger partial charge < -0.3 is 14.5 Å². The van der Waals surface area contributed by atoms with Crippen molar-refractivity contribution in [3.63, 3.8) is 0 Å². The topological polar surface area (TPSA) is 70.2 Å². The molecule has 0 unspecified atom stereocenters. The molecule has 184 valence electrons. The first-order valence-electron chi connectivity index (χ1n) is 11.6. The van der Waals surface area contributed by atoms with E-state index in [4.69, 9.17) is 4.74 Å². The summed E-state index contributed by atoms with van der Waals surface area (Å²) in [5, 5.41) is 0. The Balaban J connectivity index is 1.30. The smallest absolute Gasteiger partial charge is 0.264 e. The van der Waals surface area contributed by atoms with Gasteiger partial charge in [0.05, 0.1) is 10.6 Å². The number of carbonyl (C=O) groups is 1. The van der Waals surface area contributed by atoms with E-state index in [-0.39, 0.29) is 17.4 Å². The normalized spacial score (nSPS) is 14.0. The SMILES string of the molecule is Cc1cccc(N2CCN(C(=O)COc3ccc(N(C)S(=O)(=O)c4ccccc4)cc3)CC2)c1C. The van der Waals surface area contributed by atoms with E-state index in [1.165, 1.54) is 28.2 Å². The van der Waals surface area contributed by atoms with Crippen molar-refractivity contribution in [2.24, 2.45) is 0 Å². The Labute approximate surface area is 207 Å². The van der Waals surface area contributed by atoms with Gasteiger partial charge in [0, 0.05) is 38.9 Å². The van der Waals surface area contributed by atoms with Crippen molar-refractivity contribution in [2.75, 3.05) is 49.0 Å². The van der Waals surface area contributed by atoms with Crippen molar-refractivity contribution in [1.82, 2.24) is 4.90 Å². The predicted molar refractivity (Wildman–Crippen MR) is 139 cm³/mol. The van der Waals surface area contributed by atoms with E-state index >= 15 is 0 Å². The lowest BCUT2D eigenvalue weighted by molar-refractivity contribution is -0.133. The molecule has 1 aliphatic heterocycles. The molecule has 0 radical (unpaired) electrons. The summed E-state index contributed by atoms with van der Waals surface area (Å²) in [6.07, 6.45) is 0. The second-order valence-electron chi connectivity index (χ2n) is 8.66. The van der Waals surface area contributed by atoms with Gasteiger partial charge in [-0.2, -0.15) is 0 Å². The fraction of sp³-hybridized carbons (Fsp3) is 0.296. The highest BCUT2D eigenvalue weighted by Crippen LogP contribution is 2.25. The lowest BCUT2D eigenvalue weighted by Gasteiger charge is -2.37. The Kier molecular flexibility index (Phi) is 7.31. The number of benzene rings is 3. The van der Waals surface area contributed by atoms with Gasteiger partial charge in [0.25, 0.3) is 15.9 Å². The van der Waals surface area contributed by atoms with Gasteiger partial charge in [0.15, 0.2) is 6.61 Å². The number of carbonyl (C=O) groups excluding carboxylic acids is 1. The summed E-state index contributed by atoms with van der Waals surface area (Å²) >= 11 is 0. The number of piperazine rings is 1. The Morgan fingerprint density at radius 1 is 0.886 bits per heavy atom. The first-order valence-corrected chi connectivity index (χ1v) is 13.1. The first-order chi connectivity index (χ1) is 16.8. The Hall–Kier alpha value is -3.52. The molecule has 0 aliphatic carbocycles. The van der Waals surface area contributed by atoms with Crippen LogP contribution in [0.1, 0.15) is 11.1 Å². The van der Waals surface area contributed by atoms with Crippen LogP contribution in [0.5, 0.6) is 5.75 Å². The monoisotopic (exact) mass is 493 g/mol. The van der Waals surface area contributed by atoms with E-state index in [0.717, 1.165) is 13.1 Å². The third kappa shape index (κ3) is 5.43. The number of rotatable bonds is 7. The number of amides is 1. The highest BCUT2D eigenvalue weighted by atomic mass is 32.2. The van der Waals surface area contributed by atoms with Crippen molar-refractivity contribution >= 4 is 27.3 Å². The quantitative estimate of drug-likeness (QED) is 0.500. The molecule has 0 atom stereocenters. The van der Waals surface area contributed by atoms with Crippen molar-refractivity contribution in [3.05, 3.63) is 83.9 Å². The Bertz CT molecular complexity index is 1270. The molecule has 1 amide bonds. The number of sulfonamides is 1. The maximum Gasteiger partial charge on any atom is 0.264 e. The highest BCUT2D eigenvalue weighted by Gasteiger charge is 2.23. The van der Waals surface area contributed by atoms with Gasteiger partial charge >= 0.3 is 0 Å². The minimum Gasteiger partial charge on any atom is -0.484 e. The average Bonchev–Trinajstić information content (AvgIpc) is 2.89. The maximum atomic E-state index is 12.8. The largest absolute Gasteiger partial charge is 0.484 e. The summed E-state index contributed by atoms with van der Waals surface area (Å²) in [6.45, 7) is 7.06. The fourth-order valence-corrected chi connectivity index (χ4v) is 5.37. The van der Waals surface area contributed by atoms with Crippen molar-refractivity contribution in [3.8, 4) is 5.75 Å². The third-order valence-corrected chi connectivity index (χ3v) is 8.31. The Morgan fingerprint density at radius 3 is 2.20 bits per heavy atom. The van der Waals surface area contributed by atoms with Crippen LogP contribution >= 0.6 is 0 Å². The molecule has 0 spiro atoms. The van der Waals surface area contributed by atoms with E-state index in [1.807, 2.05) is 4.90 Å². The molecule has 1 heterocycles. The number of nitrogens with zero attached hydrogens (tertiary/aromatic N) is 3. The maximum absolute atomic E-state index is 12.8. The van der Waals surface area contributed by atoms with Crippen LogP contribution in [0.25, 0.3) is 0 Å². The predicted octanol–water partition coefficient (Wildman–Crippen LogP) is 3.86. The van der Waals surface area contributed by atoms with E-state index in [1.54, 1.807) is 54.6 Å². The molecule has 4 rings (SSSR count). The number of hydrogen-bond acceptors (Lipinski definition) is 5. The van der Waals surface area contributed by atoms with Crippen molar-refractivity contribution in [1.29, 1.82) is 0 Å². The zero-order chi connectivity index (χ0) is 25.0. The van der Waals surface area contributed by atoms with E-state index in [2.05, 4.69) is 36.9 Å². The van der Waals surface area contributed by atoms with Crippen molar-refractivity contribution < 1.29 is 17.9 Å². The molecule has 8 heteroatoms. The molecule has 1 fully saturated rings. The van der Waals surface area contributed by atoms with Crippen LogP contribution in [0, 0.1) is 13.8 Å². The molecule has 35 heavy (non-hydrogen) atoms. The number of ether oxygens (including phenoxy) is 1. The molecule has 1 aliphatic rings. The lowest BCUT2D eigenvalue weighted by atomic mass is 10.1. The van der Waals surface area contributed by atoms with Crippen LogP contribution in [0.2, 0.25) is 0 Å². The van der Waals surface area contributed by atoms with Gasteiger partial charge in [0.1, 0.15) is 5.75 Å². The number of anilines is 2. The third-order valence-electron chi connectivity index (χ3n) is 6.51. The minimum atomic E-state index is -3.65. The molecule has 3 aromatic carbocycles. The van der Waals surface area contributed by atoms with Crippen molar-refractivity contribution in [2.45, 2.75) is 18.7 Å². The summed E-state index contributed by atoms with van der Waals surface area (Å²) in [6, 6.07) is 21.3. The van der Waals surface area contributed by atoms with E-state index in [9.17, 15) is 13.2 Å². The zero-order valence-electron chi connectivity index (χ0n) is 20.3. The minimum absolute atomic E-state index is 0.0546. The molecular weight excluding hydrogens is 462 g/mol. The van der Waals surface area contributed by atoms with Gasteiger partial charge in [-0.05, 0) is 67.4 Å². The summed E-state index contributed by atoms with van der Waals surface area (Å²) in [5.41, 5.74) is 4.29. The average molecular weight is 494 g/mol. The summed E-state index contributed by atoms with van der Waals surface area (Å²) < 4.78 is 32.5. The van der Waals surface area contributed by atoms with Gasteiger partial charge in [-0.15, -0.1) is 0 Å². The molecular formula is C27H31N3O4S. The van der Waals surface area contributed by atoms with Crippen LogP contribution in [-0.4, -0.2) is 59.1 Å². The van der Waals surface area contributed by atoms with E-state index in [0.29, 0.717) is 24.5 Å². The second-order valence-corrected chi connectivity index (χ2v) is 10.6. The summed E-state index contributed by atoms with van der Waals surface area (Å²) in [7, 11) is -2.13. The Morgan fingerprint density at radius 2 is 1.54 bits per heavy atom. The van der Waals surface area contributed by atoms with Gasteiger partial charge in [-0.1, -0.05) is 30.3 Å². The molecule has 3 aromatic rings. The van der Waals surface area contributed by atoms with Gasteiger partial charge in [-0.3, -0.25) is 9.10 Å². The van der Waals surface area contributed by atoms with Gasteiger partial charge in [-0.25, -0.2) is 8.42 Å². The molecule has 7 nitrogen and oxygen atoms in total. The number of hydrogen-bond donors (Lipinski definition) is 0. The van der Waals surface area contributed by atoms with Crippen LogP contribution in [-0.2, 0) is 14.8 Å². The van der Waals surface area contributed by atoms with Crippen LogP contribution in [0.3, 0.4) is 0 Å². The molecule has 0 saturated carbocycles. The summed E-state index contributed by atoms with van der Waals surface area (Å²) in [4.78, 5) is 17.1. The summed E-state index contributed by atoms with van der Waals surface area (Å²) in [5.74, 6) is 0.458. The fourth-order valence-electron chi connectivity index (χ4n) is 4.15. The van der Waals surface area contributed by atoms with Crippen LogP contribution in [0.15, 0.2) is 77.7 Å². The molecule has 0 N–H and O–H groups in total. The second kappa shape index (κ2) is 10.4. The highest BCUT2D eigenvalue weighted by molar-refractivity contribution is 7.92. The first kappa shape index (κ1) is 24.6.